The standard InChI is InChI=1S/C10H12N2O3S2/c1-3-12-8-5-4-7(11-17(2,14)15)6-9(8)16-10(12)13/h4-6,11H,3H2,1-2H3. The van der Waals surface area contributed by atoms with E-state index in [0.29, 0.717) is 12.2 Å². The Morgan fingerprint density at radius 1 is 1.41 bits per heavy atom. The minimum atomic E-state index is -3.29. The highest BCUT2D eigenvalue weighted by molar-refractivity contribution is 7.92. The molecule has 0 radical (unpaired) electrons. The van der Waals surface area contributed by atoms with Crippen LogP contribution in [-0.2, 0) is 16.6 Å². The van der Waals surface area contributed by atoms with Gasteiger partial charge in [0.1, 0.15) is 0 Å². The summed E-state index contributed by atoms with van der Waals surface area (Å²) in [4.78, 5) is 11.6. The SMILES string of the molecule is CCn1c(=O)sc2cc(NS(C)(=O)=O)ccc21. The first-order valence-corrected chi connectivity index (χ1v) is 7.72. The lowest BCUT2D eigenvalue weighted by molar-refractivity contribution is 0.607. The molecule has 2 rings (SSSR count). The van der Waals surface area contributed by atoms with Crippen molar-refractivity contribution in [1.82, 2.24) is 4.57 Å². The van der Waals surface area contributed by atoms with Gasteiger partial charge < -0.3 is 0 Å². The summed E-state index contributed by atoms with van der Waals surface area (Å²) in [6, 6.07) is 5.08. The minimum absolute atomic E-state index is 0.0287. The Bertz CT molecular complexity index is 713. The molecule has 5 nitrogen and oxygen atoms in total. The first kappa shape index (κ1) is 12.1. The third-order valence-electron chi connectivity index (χ3n) is 2.29. The van der Waals surface area contributed by atoms with E-state index in [0.717, 1.165) is 27.8 Å². The van der Waals surface area contributed by atoms with Crippen LogP contribution in [0.4, 0.5) is 5.69 Å². The van der Waals surface area contributed by atoms with Crippen LogP contribution >= 0.6 is 11.3 Å². The molecule has 0 unspecified atom stereocenters. The Kier molecular flexibility index (Phi) is 2.96. The molecule has 0 saturated carbocycles. The number of aromatic nitrogens is 1. The Hall–Kier alpha value is -1.34. The van der Waals surface area contributed by atoms with E-state index in [-0.39, 0.29) is 4.87 Å². The number of benzene rings is 1. The number of rotatable bonds is 3. The predicted octanol–water partition coefficient (Wildman–Crippen LogP) is 1.45. The summed E-state index contributed by atoms with van der Waals surface area (Å²) >= 11 is 1.12. The Labute approximate surface area is 103 Å². The summed E-state index contributed by atoms with van der Waals surface area (Å²) in [6.07, 6.45) is 1.09. The Morgan fingerprint density at radius 2 is 2.12 bits per heavy atom. The van der Waals surface area contributed by atoms with Gasteiger partial charge in [0.15, 0.2) is 0 Å². The summed E-state index contributed by atoms with van der Waals surface area (Å²) in [5.41, 5.74) is 1.31. The third kappa shape index (κ3) is 2.50. The molecule has 1 aromatic carbocycles. The molecule has 0 amide bonds. The van der Waals surface area contributed by atoms with E-state index in [1.165, 1.54) is 0 Å². The maximum absolute atomic E-state index is 11.6. The molecule has 1 heterocycles. The number of hydrogen-bond donors (Lipinski definition) is 1. The number of sulfonamides is 1. The molecule has 0 saturated heterocycles. The van der Waals surface area contributed by atoms with E-state index >= 15 is 0 Å². The largest absolute Gasteiger partial charge is 0.308 e. The Morgan fingerprint density at radius 3 is 2.71 bits per heavy atom. The van der Waals surface area contributed by atoms with Crippen molar-refractivity contribution in [1.29, 1.82) is 0 Å². The highest BCUT2D eigenvalue weighted by atomic mass is 32.2. The summed E-state index contributed by atoms with van der Waals surface area (Å²) in [7, 11) is -3.29. The Balaban J connectivity index is 2.56. The van der Waals surface area contributed by atoms with Crippen molar-refractivity contribution in [2.24, 2.45) is 0 Å². The van der Waals surface area contributed by atoms with Gasteiger partial charge in [0, 0.05) is 6.54 Å². The fourth-order valence-electron chi connectivity index (χ4n) is 1.64. The number of anilines is 1. The molecule has 0 aliphatic heterocycles. The molecule has 2 aromatic rings. The van der Waals surface area contributed by atoms with Crippen LogP contribution in [-0.4, -0.2) is 19.2 Å². The van der Waals surface area contributed by atoms with E-state index in [1.807, 2.05) is 6.92 Å². The average molecular weight is 272 g/mol. The highest BCUT2D eigenvalue weighted by Crippen LogP contribution is 2.22. The molecule has 0 aliphatic rings. The fraction of sp³-hybridized carbons (Fsp3) is 0.300. The second-order valence-electron chi connectivity index (χ2n) is 3.67. The van der Waals surface area contributed by atoms with Crippen LogP contribution < -0.4 is 9.60 Å². The molecule has 7 heteroatoms. The summed E-state index contributed by atoms with van der Waals surface area (Å²) in [5, 5.41) is 0. The van der Waals surface area contributed by atoms with Crippen LogP contribution in [0.1, 0.15) is 6.92 Å². The minimum Gasteiger partial charge on any atom is -0.299 e. The molecule has 17 heavy (non-hydrogen) atoms. The smallest absolute Gasteiger partial charge is 0.299 e. The summed E-state index contributed by atoms with van der Waals surface area (Å²) < 4.78 is 27.0. The zero-order chi connectivity index (χ0) is 12.6. The molecule has 0 aliphatic carbocycles. The third-order valence-corrected chi connectivity index (χ3v) is 3.84. The van der Waals surface area contributed by atoms with E-state index in [1.54, 1.807) is 22.8 Å². The van der Waals surface area contributed by atoms with Gasteiger partial charge in [0.2, 0.25) is 10.0 Å². The number of thiazole rings is 1. The number of nitrogens with one attached hydrogen (secondary N) is 1. The molecular weight excluding hydrogens is 260 g/mol. The van der Waals surface area contributed by atoms with Crippen molar-refractivity contribution in [2.45, 2.75) is 13.5 Å². The topological polar surface area (TPSA) is 68.2 Å². The molecule has 92 valence electrons. The lowest BCUT2D eigenvalue weighted by atomic mass is 10.3. The van der Waals surface area contributed by atoms with E-state index in [9.17, 15) is 13.2 Å². The van der Waals surface area contributed by atoms with Gasteiger partial charge in [-0.1, -0.05) is 11.3 Å². The van der Waals surface area contributed by atoms with Crippen molar-refractivity contribution >= 4 is 37.3 Å². The molecule has 0 spiro atoms. The van der Waals surface area contributed by atoms with E-state index in [4.69, 9.17) is 0 Å². The van der Waals surface area contributed by atoms with Gasteiger partial charge >= 0.3 is 4.87 Å². The second kappa shape index (κ2) is 4.15. The normalized spacial score (nSPS) is 11.9. The van der Waals surface area contributed by atoms with Crippen molar-refractivity contribution in [2.75, 3.05) is 11.0 Å². The molecule has 0 atom stereocenters. The zero-order valence-corrected chi connectivity index (χ0v) is 11.1. The van der Waals surface area contributed by atoms with Crippen LogP contribution in [0.5, 0.6) is 0 Å². The lowest BCUT2D eigenvalue weighted by Gasteiger charge is -2.04. The van der Waals surface area contributed by atoms with Crippen molar-refractivity contribution in [3.05, 3.63) is 27.9 Å². The van der Waals surface area contributed by atoms with Crippen LogP contribution in [0.3, 0.4) is 0 Å². The van der Waals surface area contributed by atoms with Crippen LogP contribution in [0.2, 0.25) is 0 Å². The molecule has 0 fully saturated rings. The predicted molar refractivity (Wildman–Crippen MR) is 70.2 cm³/mol. The van der Waals surface area contributed by atoms with E-state index in [2.05, 4.69) is 4.72 Å². The van der Waals surface area contributed by atoms with Crippen molar-refractivity contribution < 1.29 is 8.42 Å². The van der Waals surface area contributed by atoms with Gasteiger partial charge in [-0.25, -0.2) is 8.42 Å². The fourth-order valence-corrected chi connectivity index (χ4v) is 3.19. The van der Waals surface area contributed by atoms with Crippen LogP contribution in [0.25, 0.3) is 10.2 Å². The monoisotopic (exact) mass is 272 g/mol. The number of hydrogen-bond acceptors (Lipinski definition) is 4. The zero-order valence-electron chi connectivity index (χ0n) is 9.43. The van der Waals surface area contributed by atoms with Gasteiger partial charge in [0.25, 0.3) is 0 Å². The van der Waals surface area contributed by atoms with Crippen LogP contribution in [0, 0.1) is 0 Å². The lowest BCUT2D eigenvalue weighted by Crippen LogP contribution is -2.10. The first-order chi connectivity index (χ1) is 7.90. The van der Waals surface area contributed by atoms with Gasteiger partial charge in [-0.2, -0.15) is 0 Å². The molecule has 0 bridgehead atoms. The number of aryl methyl sites for hydroxylation is 1. The van der Waals surface area contributed by atoms with Crippen molar-refractivity contribution in [3.8, 4) is 0 Å². The van der Waals surface area contributed by atoms with Gasteiger partial charge in [-0.15, -0.1) is 0 Å². The van der Waals surface area contributed by atoms with Gasteiger partial charge in [-0.05, 0) is 25.1 Å². The van der Waals surface area contributed by atoms with E-state index < -0.39 is 10.0 Å². The summed E-state index contributed by atoms with van der Waals surface area (Å²) in [6.45, 7) is 2.51. The molecule has 1 aromatic heterocycles. The number of nitrogens with zero attached hydrogens (tertiary/aromatic N) is 1. The van der Waals surface area contributed by atoms with Crippen LogP contribution in [0.15, 0.2) is 23.0 Å². The average Bonchev–Trinajstić information content (AvgIpc) is 2.50. The highest BCUT2D eigenvalue weighted by Gasteiger charge is 2.08. The maximum Gasteiger partial charge on any atom is 0.308 e. The quantitative estimate of drug-likeness (QED) is 0.919. The maximum atomic E-state index is 11.6. The second-order valence-corrected chi connectivity index (χ2v) is 6.41. The van der Waals surface area contributed by atoms with Gasteiger partial charge in [-0.3, -0.25) is 14.1 Å². The number of fused-ring (bicyclic) bond motifs is 1. The molecular formula is C10H12N2O3S2. The first-order valence-electron chi connectivity index (χ1n) is 5.02. The van der Waals surface area contributed by atoms with Crippen molar-refractivity contribution in [3.63, 3.8) is 0 Å². The van der Waals surface area contributed by atoms with Gasteiger partial charge in [0.05, 0.1) is 22.2 Å². The molecule has 1 N–H and O–H groups in total. The summed E-state index contributed by atoms with van der Waals surface area (Å²) in [5.74, 6) is 0.